The van der Waals surface area contributed by atoms with Gasteiger partial charge in [0.05, 0.1) is 5.69 Å². The highest BCUT2D eigenvalue weighted by atomic mass is 32.1. The van der Waals surface area contributed by atoms with Gasteiger partial charge in [-0.1, -0.05) is 0 Å². The van der Waals surface area contributed by atoms with Gasteiger partial charge in [0.15, 0.2) is 5.78 Å². The average Bonchev–Trinajstić information content (AvgIpc) is 3.10. The lowest BCUT2D eigenvalue weighted by atomic mass is 10.1. The molecule has 0 radical (unpaired) electrons. The van der Waals surface area contributed by atoms with Crippen LogP contribution in [0.25, 0.3) is 10.6 Å². The molecule has 0 fully saturated rings. The number of nitrogens with zero attached hydrogens (tertiary/aromatic N) is 2. The number of amides is 1. The summed E-state index contributed by atoms with van der Waals surface area (Å²) in [4.78, 5) is 32.0. The summed E-state index contributed by atoms with van der Waals surface area (Å²) in [6.45, 7) is 1.52. The number of anilines is 1. The molecular formula is C19H17N3O2S. The van der Waals surface area contributed by atoms with Crippen molar-refractivity contribution in [3.63, 3.8) is 0 Å². The third-order valence-corrected chi connectivity index (χ3v) is 4.58. The van der Waals surface area contributed by atoms with E-state index in [1.165, 1.54) is 6.92 Å². The van der Waals surface area contributed by atoms with Crippen LogP contribution in [0.15, 0.2) is 54.2 Å². The van der Waals surface area contributed by atoms with Crippen LogP contribution in [0.1, 0.15) is 29.4 Å². The van der Waals surface area contributed by atoms with Crippen molar-refractivity contribution in [3.8, 4) is 10.6 Å². The van der Waals surface area contributed by atoms with Gasteiger partial charge in [-0.15, -0.1) is 11.3 Å². The molecule has 3 rings (SSSR count). The number of thiazole rings is 1. The number of hydrogen-bond donors (Lipinski definition) is 1. The molecule has 25 heavy (non-hydrogen) atoms. The zero-order valence-electron chi connectivity index (χ0n) is 13.7. The number of ketones is 1. The topological polar surface area (TPSA) is 72.0 Å². The van der Waals surface area contributed by atoms with Gasteiger partial charge in [0.25, 0.3) is 0 Å². The van der Waals surface area contributed by atoms with Gasteiger partial charge in [0.2, 0.25) is 5.91 Å². The second kappa shape index (κ2) is 7.81. The molecule has 1 amide bonds. The highest BCUT2D eigenvalue weighted by Gasteiger charge is 2.08. The Hall–Kier alpha value is -2.86. The van der Waals surface area contributed by atoms with E-state index in [2.05, 4.69) is 15.3 Å². The van der Waals surface area contributed by atoms with Gasteiger partial charge in [-0.05, 0) is 49.7 Å². The lowest BCUT2D eigenvalue weighted by Gasteiger charge is -2.05. The van der Waals surface area contributed by atoms with Crippen molar-refractivity contribution in [1.29, 1.82) is 0 Å². The molecule has 0 saturated carbocycles. The zero-order chi connectivity index (χ0) is 17.6. The molecule has 1 N–H and O–H groups in total. The SMILES string of the molecule is CC(=O)c1ccc(NC(=O)CCc2csc(-c3cccnc3)n2)cc1. The monoisotopic (exact) mass is 351 g/mol. The summed E-state index contributed by atoms with van der Waals surface area (Å²) < 4.78 is 0. The van der Waals surface area contributed by atoms with Gasteiger partial charge in [-0.3, -0.25) is 14.6 Å². The molecule has 2 aromatic heterocycles. The van der Waals surface area contributed by atoms with Crippen LogP contribution in [-0.2, 0) is 11.2 Å². The van der Waals surface area contributed by atoms with Crippen molar-refractivity contribution in [1.82, 2.24) is 9.97 Å². The number of Topliss-reactive ketones (excluding diaryl/α,β-unsaturated/α-hetero) is 1. The molecule has 0 aliphatic carbocycles. The Morgan fingerprint density at radius 2 is 1.96 bits per heavy atom. The van der Waals surface area contributed by atoms with Crippen molar-refractivity contribution in [3.05, 3.63) is 65.4 Å². The van der Waals surface area contributed by atoms with Gasteiger partial charge < -0.3 is 5.32 Å². The molecule has 6 heteroatoms. The molecule has 0 saturated heterocycles. The smallest absolute Gasteiger partial charge is 0.224 e. The first-order valence-electron chi connectivity index (χ1n) is 7.87. The number of nitrogens with one attached hydrogen (secondary N) is 1. The molecule has 0 atom stereocenters. The maximum Gasteiger partial charge on any atom is 0.224 e. The summed E-state index contributed by atoms with van der Waals surface area (Å²) in [6, 6.07) is 10.7. The van der Waals surface area contributed by atoms with Gasteiger partial charge in [0.1, 0.15) is 5.01 Å². The van der Waals surface area contributed by atoms with Crippen LogP contribution >= 0.6 is 11.3 Å². The summed E-state index contributed by atoms with van der Waals surface area (Å²) in [5.41, 5.74) is 3.19. The Kier molecular flexibility index (Phi) is 5.30. The minimum absolute atomic E-state index is 0.00540. The van der Waals surface area contributed by atoms with Crippen LogP contribution in [0, 0.1) is 0 Å². The molecule has 0 unspecified atom stereocenters. The van der Waals surface area contributed by atoms with E-state index in [1.54, 1.807) is 48.0 Å². The summed E-state index contributed by atoms with van der Waals surface area (Å²) in [5.74, 6) is -0.0719. The number of rotatable bonds is 6. The van der Waals surface area contributed by atoms with E-state index in [0.29, 0.717) is 24.1 Å². The van der Waals surface area contributed by atoms with E-state index in [0.717, 1.165) is 16.3 Å². The third kappa shape index (κ3) is 4.58. The minimum Gasteiger partial charge on any atom is -0.326 e. The van der Waals surface area contributed by atoms with Gasteiger partial charge in [0, 0.05) is 41.0 Å². The van der Waals surface area contributed by atoms with Crippen LogP contribution in [0.3, 0.4) is 0 Å². The number of aromatic nitrogens is 2. The molecule has 1 aromatic carbocycles. The lowest BCUT2D eigenvalue weighted by Crippen LogP contribution is -2.12. The molecule has 0 aliphatic heterocycles. The Balaban J connectivity index is 1.54. The molecule has 126 valence electrons. The van der Waals surface area contributed by atoms with Crippen molar-refractivity contribution in [2.24, 2.45) is 0 Å². The van der Waals surface area contributed by atoms with Gasteiger partial charge >= 0.3 is 0 Å². The Bertz CT molecular complexity index is 873. The summed E-state index contributed by atoms with van der Waals surface area (Å²) in [7, 11) is 0. The first kappa shape index (κ1) is 17.0. The number of carbonyl (C=O) groups is 2. The van der Waals surface area contributed by atoms with Crippen LogP contribution in [-0.4, -0.2) is 21.7 Å². The third-order valence-electron chi connectivity index (χ3n) is 3.64. The Labute approximate surface area is 149 Å². The fourth-order valence-corrected chi connectivity index (χ4v) is 3.14. The van der Waals surface area contributed by atoms with E-state index < -0.39 is 0 Å². The maximum atomic E-state index is 12.1. The molecule has 2 heterocycles. The predicted octanol–water partition coefficient (Wildman–Crippen LogP) is 3.98. The first-order chi connectivity index (χ1) is 12.1. The maximum absolute atomic E-state index is 12.1. The van der Waals surface area contributed by atoms with E-state index in [-0.39, 0.29) is 11.7 Å². The number of benzene rings is 1. The Morgan fingerprint density at radius 1 is 1.16 bits per heavy atom. The van der Waals surface area contributed by atoms with Crippen LogP contribution in [0.5, 0.6) is 0 Å². The number of carbonyl (C=O) groups excluding carboxylic acids is 2. The van der Waals surface area contributed by atoms with Crippen molar-refractivity contribution in [2.75, 3.05) is 5.32 Å². The van der Waals surface area contributed by atoms with Gasteiger partial charge in [-0.25, -0.2) is 4.98 Å². The highest BCUT2D eigenvalue weighted by Crippen LogP contribution is 2.23. The number of aryl methyl sites for hydroxylation is 1. The summed E-state index contributed by atoms with van der Waals surface area (Å²) in [6.07, 6.45) is 4.43. The van der Waals surface area contributed by atoms with Crippen LogP contribution < -0.4 is 5.32 Å². The highest BCUT2D eigenvalue weighted by molar-refractivity contribution is 7.13. The quantitative estimate of drug-likeness (QED) is 0.682. The molecule has 0 bridgehead atoms. The van der Waals surface area contributed by atoms with Crippen LogP contribution in [0.4, 0.5) is 5.69 Å². The van der Waals surface area contributed by atoms with Gasteiger partial charge in [-0.2, -0.15) is 0 Å². The summed E-state index contributed by atoms with van der Waals surface area (Å²) >= 11 is 1.55. The average molecular weight is 351 g/mol. The van der Waals surface area contributed by atoms with E-state index >= 15 is 0 Å². The summed E-state index contributed by atoms with van der Waals surface area (Å²) in [5, 5.41) is 5.71. The second-order valence-corrected chi connectivity index (χ2v) is 6.43. The van der Waals surface area contributed by atoms with Crippen LogP contribution in [0.2, 0.25) is 0 Å². The zero-order valence-corrected chi connectivity index (χ0v) is 14.5. The molecule has 0 spiro atoms. The fraction of sp³-hybridized carbons (Fsp3) is 0.158. The van der Waals surface area contributed by atoms with E-state index in [4.69, 9.17) is 0 Å². The normalized spacial score (nSPS) is 10.4. The van der Waals surface area contributed by atoms with E-state index in [9.17, 15) is 9.59 Å². The molecule has 3 aromatic rings. The second-order valence-electron chi connectivity index (χ2n) is 5.57. The lowest BCUT2D eigenvalue weighted by molar-refractivity contribution is -0.116. The molecular weight excluding hydrogens is 334 g/mol. The molecule has 0 aliphatic rings. The fourth-order valence-electron chi connectivity index (χ4n) is 2.30. The number of hydrogen-bond acceptors (Lipinski definition) is 5. The van der Waals surface area contributed by atoms with Crippen molar-refractivity contribution in [2.45, 2.75) is 19.8 Å². The predicted molar refractivity (Wildman–Crippen MR) is 98.7 cm³/mol. The van der Waals surface area contributed by atoms with Crippen molar-refractivity contribution >= 4 is 28.7 Å². The molecule has 5 nitrogen and oxygen atoms in total. The minimum atomic E-state index is -0.0773. The largest absolute Gasteiger partial charge is 0.326 e. The van der Waals surface area contributed by atoms with Crippen molar-refractivity contribution < 1.29 is 9.59 Å². The van der Waals surface area contributed by atoms with E-state index in [1.807, 2.05) is 17.5 Å². The first-order valence-corrected chi connectivity index (χ1v) is 8.75. The Morgan fingerprint density at radius 3 is 2.64 bits per heavy atom. The standard InChI is InChI=1S/C19H17N3O2S/c1-13(23)14-4-6-16(7-5-14)21-18(24)9-8-17-12-25-19(22-17)15-3-2-10-20-11-15/h2-7,10-12H,8-9H2,1H3,(H,21,24). The number of pyridine rings is 1.